The van der Waals surface area contributed by atoms with Gasteiger partial charge in [0.05, 0.1) is 18.6 Å². The highest BCUT2D eigenvalue weighted by Gasteiger charge is 2.19. The van der Waals surface area contributed by atoms with Crippen LogP contribution < -0.4 is 0 Å². The number of rotatable bonds is 8. The highest BCUT2D eigenvalue weighted by atomic mass is 19.1. The minimum atomic E-state index is -1.13. The Morgan fingerprint density at radius 3 is 2.15 bits per heavy atom. The summed E-state index contributed by atoms with van der Waals surface area (Å²) in [5.41, 5.74) is 3.65. The van der Waals surface area contributed by atoms with Gasteiger partial charge in [0.25, 0.3) is 0 Å². The number of carbonyl (C=O) groups is 1. The van der Waals surface area contributed by atoms with Gasteiger partial charge in [-0.05, 0) is 43.7 Å². The third-order valence-corrected chi connectivity index (χ3v) is 5.00. The van der Waals surface area contributed by atoms with Crippen LogP contribution >= 0.6 is 0 Å². The van der Waals surface area contributed by atoms with E-state index in [1.807, 2.05) is 24.3 Å². The maximum atomic E-state index is 13.5. The third-order valence-electron chi connectivity index (χ3n) is 5.00. The summed E-state index contributed by atoms with van der Waals surface area (Å²) in [5, 5.41) is 43.9. The minimum absolute atomic E-state index is 0.0728. The Morgan fingerprint density at radius 2 is 1.59 bits per heavy atom. The van der Waals surface area contributed by atoms with Gasteiger partial charge in [0.2, 0.25) is 0 Å². The van der Waals surface area contributed by atoms with Crippen molar-refractivity contribution in [1.29, 1.82) is 0 Å². The third kappa shape index (κ3) is 7.50. The summed E-state index contributed by atoms with van der Waals surface area (Å²) >= 11 is 0. The Hall–Kier alpha value is -3.04. The molecule has 0 saturated heterocycles. The van der Waals surface area contributed by atoms with E-state index in [0.717, 1.165) is 41.9 Å². The number of halogens is 1. The van der Waals surface area contributed by atoms with Gasteiger partial charge in [-0.3, -0.25) is 4.79 Å². The summed E-state index contributed by atoms with van der Waals surface area (Å²) in [7, 11) is 2.00. The zero-order valence-electron chi connectivity index (χ0n) is 19.9. The summed E-state index contributed by atoms with van der Waals surface area (Å²) in [6, 6.07) is 14.4. The molecule has 0 spiro atoms. The van der Waals surface area contributed by atoms with Crippen LogP contribution in [0.2, 0.25) is 0 Å². The van der Waals surface area contributed by atoms with Crippen molar-refractivity contribution in [1.82, 2.24) is 4.57 Å². The van der Waals surface area contributed by atoms with Gasteiger partial charge in [-0.2, -0.15) is 0 Å². The molecule has 0 aliphatic rings. The maximum absolute atomic E-state index is 13.5. The first-order chi connectivity index (χ1) is 16.3. The molecule has 0 saturated carbocycles. The van der Waals surface area contributed by atoms with E-state index in [1.54, 1.807) is 24.3 Å². The highest BCUT2D eigenvalue weighted by Crippen LogP contribution is 2.38. The first kappa shape index (κ1) is 29.0. The average Bonchev–Trinajstić information content (AvgIpc) is 3.14. The molecule has 3 rings (SSSR count). The van der Waals surface area contributed by atoms with Gasteiger partial charge in [-0.25, -0.2) is 4.39 Å². The van der Waals surface area contributed by atoms with Gasteiger partial charge >= 0.3 is 5.97 Å². The SMILES string of the molecule is CC(C)n1c(/C=C/[C@H](O)C[C@H](O)CC(=O)O)c(-c2ccc(F)cc2)c2ccccc21.CO.CO. The molecule has 186 valence electrons. The highest BCUT2D eigenvalue weighted by molar-refractivity contribution is 6.01. The predicted octanol–water partition coefficient (Wildman–Crippen LogP) is 3.85. The second-order valence-electron chi connectivity index (χ2n) is 7.66. The van der Waals surface area contributed by atoms with Crippen LogP contribution in [0, 0.1) is 5.82 Å². The van der Waals surface area contributed by atoms with E-state index in [-0.39, 0.29) is 18.3 Å². The Balaban J connectivity index is 0.00000137. The Bertz CT molecular complexity index is 1060. The molecule has 2 aromatic carbocycles. The van der Waals surface area contributed by atoms with E-state index < -0.39 is 24.6 Å². The number of fused-ring (bicyclic) bond motifs is 1. The van der Waals surface area contributed by atoms with E-state index in [9.17, 15) is 19.4 Å². The molecule has 7 nitrogen and oxygen atoms in total. The standard InChI is InChI=1S/C24H26FNO4.2CH4O/c1-15(2)26-21-6-4-3-5-20(21)24(16-7-9-17(25)10-8-16)22(26)12-11-18(27)13-19(28)14-23(29)30;2*1-2/h3-12,15,18-19,27-28H,13-14H2,1-2H3,(H,29,30);2*2H,1H3/b12-11+;;/t18-,19-;;/m0../s1. The van der Waals surface area contributed by atoms with Gasteiger partial charge in [-0.15, -0.1) is 0 Å². The van der Waals surface area contributed by atoms with Crippen LogP contribution in [0.3, 0.4) is 0 Å². The van der Waals surface area contributed by atoms with E-state index in [0.29, 0.717) is 0 Å². The Kier molecular flexibility index (Phi) is 12.2. The van der Waals surface area contributed by atoms with E-state index in [1.165, 1.54) is 12.1 Å². The van der Waals surface area contributed by atoms with Crippen LogP contribution in [-0.4, -0.2) is 62.5 Å². The number of carboxylic acids is 1. The molecule has 0 fully saturated rings. The number of aliphatic hydroxyl groups is 4. The molecular weight excluding hydrogens is 441 g/mol. The number of hydrogen-bond acceptors (Lipinski definition) is 5. The normalized spacial score (nSPS) is 12.6. The second-order valence-corrected chi connectivity index (χ2v) is 7.66. The molecule has 3 aromatic rings. The van der Waals surface area contributed by atoms with Gasteiger partial charge in [0, 0.05) is 48.8 Å². The quantitative estimate of drug-likeness (QED) is 0.337. The van der Waals surface area contributed by atoms with Crippen molar-refractivity contribution >= 4 is 22.9 Å². The van der Waals surface area contributed by atoms with Gasteiger partial charge in [0.1, 0.15) is 5.82 Å². The lowest BCUT2D eigenvalue weighted by Crippen LogP contribution is -2.19. The number of nitrogens with zero attached hydrogens (tertiary/aromatic N) is 1. The molecule has 2 atom stereocenters. The van der Waals surface area contributed by atoms with Crippen molar-refractivity contribution in [3.05, 3.63) is 66.1 Å². The van der Waals surface area contributed by atoms with Gasteiger partial charge < -0.3 is 30.1 Å². The summed E-state index contributed by atoms with van der Waals surface area (Å²) in [4.78, 5) is 10.7. The molecule has 8 heteroatoms. The molecule has 0 amide bonds. The monoisotopic (exact) mass is 475 g/mol. The number of aliphatic hydroxyl groups excluding tert-OH is 4. The molecule has 0 unspecified atom stereocenters. The molecule has 0 bridgehead atoms. The topological polar surface area (TPSA) is 123 Å². The lowest BCUT2D eigenvalue weighted by molar-refractivity contribution is -0.139. The fourth-order valence-corrected chi connectivity index (χ4v) is 3.77. The number of benzene rings is 2. The van der Waals surface area contributed by atoms with Crippen LogP contribution in [0.4, 0.5) is 4.39 Å². The first-order valence-electron chi connectivity index (χ1n) is 10.8. The lowest BCUT2D eigenvalue weighted by Gasteiger charge is -2.15. The molecule has 1 heterocycles. The predicted molar refractivity (Wildman–Crippen MR) is 132 cm³/mol. The van der Waals surface area contributed by atoms with Gasteiger partial charge in [0.15, 0.2) is 0 Å². The van der Waals surface area contributed by atoms with Crippen LogP contribution in [0.25, 0.3) is 28.1 Å². The Labute approximate surface area is 199 Å². The van der Waals surface area contributed by atoms with E-state index in [4.69, 9.17) is 15.3 Å². The summed E-state index contributed by atoms with van der Waals surface area (Å²) in [6.45, 7) is 4.12. The fourth-order valence-electron chi connectivity index (χ4n) is 3.77. The van der Waals surface area contributed by atoms with Crippen LogP contribution in [0.1, 0.15) is 38.4 Å². The summed E-state index contributed by atoms with van der Waals surface area (Å²) < 4.78 is 15.6. The van der Waals surface area contributed by atoms with Crippen LogP contribution in [0.15, 0.2) is 54.6 Å². The van der Waals surface area contributed by atoms with Crippen molar-refractivity contribution in [3.63, 3.8) is 0 Å². The Morgan fingerprint density at radius 1 is 1.00 bits per heavy atom. The zero-order chi connectivity index (χ0) is 25.8. The van der Waals surface area contributed by atoms with Crippen LogP contribution in [-0.2, 0) is 4.79 Å². The average molecular weight is 476 g/mol. The lowest BCUT2D eigenvalue weighted by atomic mass is 10.0. The van der Waals surface area contributed by atoms with Crippen LogP contribution in [0.5, 0.6) is 0 Å². The number of hydrogen-bond donors (Lipinski definition) is 5. The number of aromatic nitrogens is 1. The molecule has 0 aliphatic heterocycles. The van der Waals surface area contributed by atoms with Crippen molar-refractivity contribution in [2.45, 2.75) is 44.9 Å². The molecule has 0 radical (unpaired) electrons. The number of aliphatic carboxylic acids is 1. The molecule has 34 heavy (non-hydrogen) atoms. The summed E-state index contributed by atoms with van der Waals surface area (Å²) in [6.07, 6.45) is 0.727. The van der Waals surface area contributed by atoms with Crippen molar-refractivity contribution in [2.24, 2.45) is 0 Å². The van der Waals surface area contributed by atoms with Crippen molar-refractivity contribution in [3.8, 4) is 11.1 Å². The number of carboxylic acid groups (broad SMARTS) is 1. The van der Waals surface area contributed by atoms with Gasteiger partial charge in [-0.1, -0.05) is 36.4 Å². The molecule has 0 aliphatic carbocycles. The molecule has 1 aromatic heterocycles. The largest absolute Gasteiger partial charge is 0.481 e. The van der Waals surface area contributed by atoms with Crippen molar-refractivity contribution in [2.75, 3.05) is 14.2 Å². The second kappa shape index (κ2) is 14.3. The zero-order valence-corrected chi connectivity index (χ0v) is 19.9. The number of para-hydroxylation sites is 1. The molecule has 5 N–H and O–H groups in total. The minimum Gasteiger partial charge on any atom is -0.481 e. The first-order valence-corrected chi connectivity index (χ1v) is 10.8. The van der Waals surface area contributed by atoms with Crippen molar-refractivity contribution < 1.29 is 34.7 Å². The fraction of sp³-hybridized carbons (Fsp3) is 0.346. The van der Waals surface area contributed by atoms with E-state index in [2.05, 4.69) is 18.4 Å². The smallest absolute Gasteiger partial charge is 0.305 e. The maximum Gasteiger partial charge on any atom is 0.305 e. The van der Waals surface area contributed by atoms with E-state index >= 15 is 0 Å². The summed E-state index contributed by atoms with van der Waals surface area (Å²) in [5.74, 6) is -1.43. The molecular formula is C26H34FNO6.